The van der Waals surface area contributed by atoms with Crippen LogP contribution in [0.5, 0.6) is 0 Å². The van der Waals surface area contributed by atoms with Crippen LogP contribution in [0.1, 0.15) is 19.4 Å². The molecule has 1 rings (SSSR count). The van der Waals surface area contributed by atoms with E-state index in [0.29, 0.717) is 6.42 Å². The van der Waals surface area contributed by atoms with Crippen LogP contribution in [0.15, 0.2) is 16.8 Å². The van der Waals surface area contributed by atoms with Crippen LogP contribution in [0.3, 0.4) is 0 Å². The third-order valence-corrected chi connectivity index (χ3v) is 2.54. The fourth-order valence-electron chi connectivity index (χ4n) is 0.979. The normalized spacial score (nSPS) is 11.5. The standard InChI is InChI=1S/C9H12O2S/c1-9(2,8(10)11)5-7-3-4-12-6-7/h3-4,6H,5H2,1-2H3,(H,10,11). The van der Waals surface area contributed by atoms with Gasteiger partial charge in [-0.25, -0.2) is 0 Å². The zero-order chi connectivity index (χ0) is 9.19. The molecule has 0 saturated carbocycles. The highest BCUT2D eigenvalue weighted by Crippen LogP contribution is 2.23. The highest BCUT2D eigenvalue weighted by molar-refractivity contribution is 7.07. The molecule has 2 nitrogen and oxygen atoms in total. The molecular formula is C9H12O2S. The van der Waals surface area contributed by atoms with E-state index < -0.39 is 11.4 Å². The van der Waals surface area contributed by atoms with Crippen LogP contribution in [-0.4, -0.2) is 11.1 Å². The molecule has 1 aromatic rings. The molecule has 12 heavy (non-hydrogen) atoms. The summed E-state index contributed by atoms with van der Waals surface area (Å²) in [4.78, 5) is 10.8. The van der Waals surface area contributed by atoms with Gasteiger partial charge >= 0.3 is 5.97 Å². The molecule has 66 valence electrons. The number of carbonyl (C=O) groups is 1. The van der Waals surface area contributed by atoms with Crippen molar-refractivity contribution < 1.29 is 9.90 Å². The highest BCUT2D eigenvalue weighted by atomic mass is 32.1. The summed E-state index contributed by atoms with van der Waals surface area (Å²) in [5.41, 5.74) is 0.452. The Hall–Kier alpha value is -0.830. The Balaban J connectivity index is 2.69. The molecule has 3 heteroatoms. The van der Waals surface area contributed by atoms with Gasteiger partial charge in [0.2, 0.25) is 0 Å². The topological polar surface area (TPSA) is 37.3 Å². The molecule has 1 heterocycles. The fraction of sp³-hybridized carbons (Fsp3) is 0.444. The van der Waals surface area contributed by atoms with Crippen molar-refractivity contribution in [2.75, 3.05) is 0 Å². The molecule has 1 N–H and O–H groups in total. The van der Waals surface area contributed by atoms with Gasteiger partial charge in [0.15, 0.2) is 0 Å². The lowest BCUT2D eigenvalue weighted by Crippen LogP contribution is -2.25. The molecule has 0 unspecified atom stereocenters. The lowest BCUT2D eigenvalue weighted by atomic mass is 9.87. The molecule has 0 atom stereocenters. The van der Waals surface area contributed by atoms with E-state index in [1.807, 2.05) is 16.8 Å². The molecule has 0 radical (unpaired) electrons. The lowest BCUT2D eigenvalue weighted by molar-refractivity contribution is -0.146. The van der Waals surface area contributed by atoms with Gasteiger partial charge in [0.1, 0.15) is 0 Å². The molecule has 0 aliphatic rings. The van der Waals surface area contributed by atoms with E-state index in [4.69, 9.17) is 5.11 Å². The Labute approximate surface area is 75.9 Å². The van der Waals surface area contributed by atoms with Gasteiger partial charge in [0, 0.05) is 0 Å². The first kappa shape index (κ1) is 9.26. The predicted molar refractivity (Wildman–Crippen MR) is 49.4 cm³/mol. The zero-order valence-corrected chi connectivity index (χ0v) is 8.02. The second kappa shape index (κ2) is 3.27. The van der Waals surface area contributed by atoms with Crippen LogP contribution in [-0.2, 0) is 11.2 Å². The van der Waals surface area contributed by atoms with Crippen LogP contribution in [0.25, 0.3) is 0 Å². The number of carboxylic acid groups (broad SMARTS) is 1. The Kier molecular flexibility index (Phi) is 2.52. The van der Waals surface area contributed by atoms with Gasteiger partial charge in [0.25, 0.3) is 0 Å². The van der Waals surface area contributed by atoms with E-state index in [2.05, 4.69) is 0 Å². The van der Waals surface area contributed by atoms with Crippen LogP contribution in [0.4, 0.5) is 0 Å². The van der Waals surface area contributed by atoms with Crippen molar-refractivity contribution in [3.8, 4) is 0 Å². The van der Waals surface area contributed by atoms with Gasteiger partial charge in [-0.1, -0.05) is 0 Å². The largest absolute Gasteiger partial charge is 0.481 e. The van der Waals surface area contributed by atoms with Crippen molar-refractivity contribution in [3.05, 3.63) is 22.4 Å². The smallest absolute Gasteiger partial charge is 0.309 e. The number of hydrogen-bond donors (Lipinski definition) is 1. The number of thiophene rings is 1. The first-order valence-electron chi connectivity index (χ1n) is 3.77. The summed E-state index contributed by atoms with van der Waals surface area (Å²) in [6.45, 7) is 3.49. The summed E-state index contributed by atoms with van der Waals surface area (Å²) in [5.74, 6) is -0.742. The molecule has 0 bridgehead atoms. The quantitative estimate of drug-likeness (QED) is 0.783. The average molecular weight is 184 g/mol. The molecular weight excluding hydrogens is 172 g/mol. The van der Waals surface area contributed by atoms with E-state index in [0.717, 1.165) is 5.56 Å². The molecule has 0 aromatic carbocycles. The van der Waals surface area contributed by atoms with Crippen LogP contribution < -0.4 is 0 Å². The van der Waals surface area contributed by atoms with E-state index in [9.17, 15) is 4.79 Å². The molecule has 0 saturated heterocycles. The lowest BCUT2D eigenvalue weighted by Gasteiger charge is -2.17. The van der Waals surface area contributed by atoms with Crippen LogP contribution >= 0.6 is 11.3 Å². The van der Waals surface area contributed by atoms with Gasteiger partial charge in [-0.15, -0.1) is 0 Å². The number of hydrogen-bond acceptors (Lipinski definition) is 2. The maximum atomic E-state index is 10.8. The average Bonchev–Trinajstić information content (AvgIpc) is 2.38. The second-order valence-electron chi connectivity index (χ2n) is 3.50. The minimum absolute atomic E-state index is 0.603. The summed E-state index contributed by atoms with van der Waals surface area (Å²) in [6.07, 6.45) is 0.603. The monoisotopic (exact) mass is 184 g/mol. The van der Waals surface area contributed by atoms with Gasteiger partial charge in [-0.2, -0.15) is 11.3 Å². The summed E-state index contributed by atoms with van der Waals surface area (Å²) in [6, 6.07) is 1.97. The van der Waals surface area contributed by atoms with Gasteiger partial charge in [-0.3, -0.25) is 4.79 Å². The molecule has 0 amide bonds. The second-order valence-corrected chi connectivity index (χ2v) is 4.28. The molecule has 0 aliphatic heterocycles. The Morgan fingerprint density at radius 2 is 2.33 bits per heavy atom. The number of rotatable bonds is 3. The maximum absolute atomic E-state index is 10.8. The van der Waals surface area contributed by atoms with Gasteiger partial charge in [0.05, 0.1) is 5.41 Å². The van der Waals surface area contributed by atoms with Crippen molar-refractivity contribution in [3.63, 3.8) is 0 Å². The van der Waals surface area contributed by atoms with Crippen molar-refractivity contribution in [1.82, 2.24) is 0 Å². The fourth-order valence-corrected chi connectivity index (χ4v) is 1.65. The number of aliphatic carboxylic acids is 1. The van der Waals surface area contributed by atoms with E-state index >= 15 is 0 Å². The molecule has 0 fully saturated rings. The van der Waals surface area contributed by atoms with Crippen LogP contribution in [0, 0.1) is 5.41 Å². The van der Waals surface area contributed by atoms with E-state index in [-0.39, 0.29) is 0 Å². The third-order valence-electron chi connectivity index (χ3n) is 1.81. The Morgan fingerprint density at radius 3 is 2.75 bits per heavy atom. The first-order valence-corrected chi connectivity index (χ1v) is 4.71. The number of carboxylic acids is 1. The SMILES string of the molecule is CC(C)(Cc1ccsc1)C(=O)O. The minimum atomic E-state index is -0.742. The predicted octanol–water partition coefficient (Wildman–Crippen LogP) is 2.40. The summed E-state index contributed by atoms with van der Waals surface area (Å²) in [7, 11) is 0. The summed E-state index contributed by atoms with van der Waals surface area (Å²) >= 11 is 1.60. The Bertz CT molecular complexity index is 262. The molecule has 1 aromatic heterocycles. The third kappa shape index (κ3) is 2.08. The van der Waals surface area contributed by atoms with Gasteiger partial charge < -0.3 is 5.11 Å². The van der Waals surface area contributed by atoms with Crippen molar-refractivity contribution in [2.45, 2.75) is 20.3 Å². The van der Waals surface area contributed by atoms with Crippen molar-refractivity contribution in [1.29, 1.82) is 0 Å². The van der Waals surface area contributed by atoms with Gasteiger partial charge in [-0.05, 0) is 42.7 Å². The van der Waals surface area contributed by atoms with E-state index in [1.165, 1.54) is 0 Å². The summed E-state index contributed by atoms with van der Waals surface area (Å²) in [5, 5.41) is 12.8. The molecule has 0 spiro atoms. The first-order chi connectivity index (χ1) is 5.52. The highest BCUT2D eigenvalue weighted by Gasteiger charge is 2.27. The minimum Gasteiger partial charge on any atom is -0.481 e. The van der Waals surface area contributed by atoms with Crippen molar-refractivity contribution in [2.24, 2.45) is 5.41 Å². The van der Waals surface area contributed by atoms with Crippen LogP contribution in [0.2, 0.25) is 0 Å². The van der Waals surface area contributed by atoms with E-state index in [1.54, 1.807) is 25.2 Å². The Morgan fingerprint density at radius 1 is 1.67 bits per heavy atom. The summed E-state index contributed by atoms with van der Waals surface area (Å²) < 4.78 is 0. The maximum Gasteiger partial charge on any atom is 0.309 e. The zero-order valence-electron chi connectivity index (χ0n) is 7.20. The molecule has 0 aliphatic carbocycles. The van der Waals surface area contributed by atoms with Crippen molar-refractivity contribution >= 4 is 17.3 Å².